The normalized spacial score (nSPS) is 11.3. The van der Waals surface area contributed by atoms with Crippen LogP contribution in [0.5, 0.6) is 0 Å². The van der Waals surface area contributed by atoms with Crippen LogP contribution in [0.1, 0.15) is 52.4 Å². The van der Waals surface area contributed by atoms with E-state index in [1.165, 1.54) is 19.3 Å². The summed E-state index contributed by atoms with van der Waals surface area (Å²) in [7, 11) is 0. The summed E-state index contributed by atoms with van der Waals surface area (Å²) in [6.07, 6.45) is 11.4. The third kappa shape index (κ3) is 13.7. The molecule has 0 radical (unpaired) electrons. The van der Waals surface area contributed by atoms with Crippen molar-refractivity contribution in [2.45, 2.75) is 52.4 Å². The van der Waals surface area contributed by atoms with E-state index in [0.717, 1.165) is 32.5 Å². The minimum absolute atomic E-state index is 0.450. The molecule has 0 unspecified atom stereocenters. The van der Waals surface area contributed by atoms with Crippen molar-refractivity contribution in [3.63, 3.8) is 0 Å². The molecule has 0 aliphatic carbocycles. The Morgan fingerprint density at radius 1 is 0.867 bits per heavy atom. The molecule has 2 nitrogen and oxygen atoms in total. The number of unbranched alkanes of at least 4 members (excludes halogenated alkanes) is 3. The van der Waals surface area contributed by atoms with E-state index in [1.54, 1.807) is 0 Å². The smallest absolute Gasteiger partial charge is 0.146 e. The average molecular weight is 214 g/mol. The van der Waals surface area contributed by atoms with Crippen LogP contribution in [-0.2, 0) is 9.47 Å². The Morgan fingerprint density at radius 2 is 1.67 bits per heavy atom. The second-order valence-corrected chi connectivity index (χ2v) is 3.66. The quantitative estimate of drug-likeness (QED) is 0.295. The molecule has 0 spiro atoms. The van der Waals surface area contributed by atoms with Crippen LogP contribution in [0.25, 0.3) is 0 Å². The van der Waals surface area contributed by atoms with Crippen molar-refractivity contribution >= 4 is 0 Å². The number of hydrogen-bond acceptors (Lipinski definition) is 2. The van der Waals surface area contributed by atoms with Crippen LogP contribution in [0.15, 0.2) is 12.2 Å². The number of ether oxygens (including phenoxy) is 2. The molecule has 0 aromatic heterocycles. The Balaban J connectivity index is 2.89. The minimum Gasteiger partial charge on any atom is -0.355 e. The van der Waals surface area contributed by atoms with Crippen molar-refractivity contribution in [2.75, 3.05) is 20.0 Å². The first-order valence-electron chi connectivity index (χ1n) is 6.22. The summed E-state index contributed by atoms with van der Waals surface area (Å²) >= 11 is 0. The van der Waals surface area contributed by atoms with Crippen molar-refractivity contribution in [3.05, 3.63) is 12.2 Å². The molecule has 0 saturated carbocycles. The van der Waals surface area contributed by atoms with Gasteiger partial charge in [0.25, 0.3) is 0 Å². The summed E-state index contributed by atoms with van der Waals surface area (Å²) in [5.41, 5.74) is 0. The highest BCUT2D eigenvalue weighted by atomic mass is 16.7. The summed E-state index contributed by atoms with van der Waals surface area (Å²) in [5.74, 6) is 0. The fourth-order valence-corrected chi connectivity index (χ4v) is 1.24. The molecule has 2 heteroatoms. The number of rotatable bonds is 11. The van der Waals surface area contributed by atoms with Gasteiger partial charge in [0.05, 0.1) is 6.61 Å². The first-order chi connectivity index (χ1) is 7.41. The molecule has 0 amide bonds. The highest BCUT2D eigenvalue weighted by molar-refractivity contribution is 4.79. The summed E-state index contributed by atoms with van der Waals surface area (Å²) in [6.45, 7) is 6.41. The molecule has 0 heterocycles. The van der Waals surface area contributed by atoms with Crippen LogP contribution in [0.2, 0.25) is 0 Å². The maximum Gasteiger partial charge on any atom is 0.146 e. The van der Waals surface area contributed by atoms with Gasteiger partial charge in [0.15, 0.2) is 0 Å². The van der Waals surface area contributed by atoms with Gasteiger partial charge in [-0.1, -0.05) is 45.3 Å². The van der Waals surface area contributed by atoms with E-state index < -0.39 is 0 Å². The summed E-state index contributed by atoms with van der Waals surface area (Å²) in [6, 6.07) is 0. The van der Waals surface area contributed by atoms with Gasteiger partial charge in [-0.25, -0.2) is 0 Å². The molecular weight excluding hydrogens is 188 g/mol. The van der Waals surface area contributed by atoms with Crippen molar-refractivity contribution in [1.29, 1.82) is 0 Å². The van der Waals surface area contributed by atoms with Crippen molar-refractivity contribution in [3.8, 4) is 0 Å². The first-order valence-corrected chi connectivity index (χ1v) is 6.22. The largest absolute Gasteiger partial charge is 0.355 e. The molecule has 0 aromatic rings. The topological polar surface area (TPSA) is 18.5 Å². The minimum atomic E-state index is 0.450. The Morgan fingerprint density at radius 3 is 2.40 bits per heavy atom. The highest BCUT2D eigenvalue weighted by Crippen LogP contribution is 1.98. The van der Waals surface area contributed by atoms with Crippen LogP contribution in [-0.4, -0.2) is 20.0 Å². The predicted octanol–water partition coefficient (Wildman–Crippen LogP) is 3.91. The van der Waals surface area contributed by atoms with Crippen molar-refractivity contribution < 1.29 is 9.47 Å². The van der Waals surface area contributed by atoms with E-state index in [2.05, 4.69) is 26.0 Å². The van der Waals surface area contributed by atoms with E-state index in [-0.39, 0.29) is 0 Å². The summed E-state index contributed by atoms with van der Waals surface area (Å²) < 4.78 is 10.7. The van der Waals surface area contributed by atoms with Gasteiger partial charge in [0.1, 0.15) is 6.79 Å². The lowest BCUT2D eigenvalue weighted by atomic mass is 10.2. The molecule has 0 bridgehead atoms. The molecule has 0 aliphatic heterocycles. The van der Waals surface area contributed by atoms with Crippen molar-refractivity contribution in [2.24, 2.45) is 0 Å². The van der Waals surface area contributed by atoms with E-state index >= 15 is 0 Å². The van der Waals surface area contributed by atoms with Gasteiger partial charge in [0.2, 0.25) is 0 Å². The summed E-state index contributed by atoms with van der Waals surface area (Å²) in [4.78, 5) is 0. The van der Waals surface area contributed by atoms with Crippen LogP contribution in [0.3, 0.4) is 0 Å². The zero-order chi connectivity index (χ0) is 11.2. The van der Waals surface area contributed by atoms with E-state index in [1.807, 2.05) is 0 Å². The number of allylic oxidation sites excluding steroid dienone is 1. The van der Waals surface area contributed by atoms with Gasteiger partial charge < -0.3 is 9.47 Å². The fourth-order valence-electron chi connectivity index (χ4n) is 1.24. The van der Waals surface area contributed by atoms with Crippen LogP contribution < -0.4 is 0 Å². The molecule has 0 N–H and O–H groups in total. The Hall–Kier alpha value is -0.340. The zero-order valence-corrected chi connectivity index (χ0v) is 10.3. The molecule has 0 saturated heterocycles. The molecule has 0 rings (SSSR count). The van der Waals surface area contributed by atoms with Crippen LogP contribution >= 0.6 is 0 Å². The fraction of sp³-hybridized carbons (Fsp3) is 0.846. The lowest BCUT2D eigenvalue weighted by molar-refractivity contribution is -0.0531. The third-order valence-electron chi connectivity index (χ3n) is 2.14. The second-order valence-electron chi connectivity index (χ2n) is 3.66. The highest BCUT2D eigenvalue weighted by Gasteiger charge is 1.89. The van der Waals surface area contributed by atoms with Gasteiger partial charge >= 0.3 is 0 Å². The van der Waals surface area contributed by atoms with Gasteiger partial charge in [-0.2, -0.15) is 0 Å². The lowest BCUT2D eigenvalue weighted by Crippen LogP contribution is -2.02. The summed E-state index contributed by atoms with van der Waals surface area (Å²) in [5, 5.41) is 0. The van der Waals surface area contributed by atoms with Crippen molar-refractivity contribution in [1.82, 2.24) is 0 Å². The second kappa shape index (κ2) is 13.7. The lowest BCUT2D eigenvalue weighted by Gasteiger charge is -2.04. The van der Waals surface area contributed by atoms with E-state index in [4.69, 9.17) is 9.47 Å². The molecule has 15 heavy (non-hydrogen) atoms. The Kier molecular flexibility index (Phi) is 13.4. The molecule has 0 aromatic carbocycles. The number of hydrogen-bond donors (Lipinski definition) is 0. The van der Waals surface area contributed by atoms with E-state index in [9.17, 15) is 0 Å². The molecule has 0 fully saturated rings. The molecule has 0 atom stereocenters. The maximum absolute atomic E-state index is 5.34. The first kappa shape index (κ1) is 14.7. The van der Waals surface area contributed by atoms with E-state index in [0.29, 0.717) is 6.79 Å². The predicted molar refractivity (Wildman–Crippen MR) is 65.0 cm³/mol. The Bertz CT molecular complexity index is 132. The van der Waals surface area contributed by atoms with Gasteiger partial charge in [-0.3, -0.25) is 0 Å². The molecular formula is C13H26O2. The van der Waals surface area contributed by atoms with Gasteiger partial charge in [0, 0.05) is 6.61 Å². The average Bonchev–Trinajstić information content (AvgIpc) is 2.26. The zero-order valence-electron chi connectivity index (χ0n) is 10.3. The monoisotopic (exact) mass is 214 g/mol. The van der Waals surface area contributed by atoms with Crippen LogP contribution in [0.4, 0.5) is 0 Å². The SMILES string of the molecule is CC/C=C/CCOCOCCCCCC. The van der Waals surface area contributed by atoms with Gasteiger partial charge in [-0.15, -0.1) is 0 Å². The molecule has 0 aliphatic rings. The standard InChI is InChI=1S/C13H26O2/c1-3-5-7-9-11-14-13-15-12-10-8-6-4-2/h5,7H,3-4,6,8-13H2,1-2H3/b7-5+. The molecule has 90 valence electrons. The Labute approximate surface area is 94.7 Å². The van der Waals surface area contributed by atoms with Gasteiger partial charge in [-0.05, 0) is 19.3 Å². The van der Waals surface area contributed by atoms with Crippen LogP contribution in [0, 0.1) is 0 Å². The maximum atomic E-state index is 5.34. The third-order valence-corrected chi connectivity index (χ3v) is 2.14.